The van der Waals surface area contributed by atoms with Gasteiger partial charge in [-0.05, 0) is 54.8 Å². The van der Waals surface area contributed by atoms with Crippen LogP contribution in [0, 0.1) is 0 Å². The number of thiazole rings is 1. The molecule has 1 heterocycles. The van der Waals surface area contributed by atoms with Gasteiger partial charge in [0.1, 0.15) is 0 Å². The first-order valence-electron chi connectivity index (χ1n) is 8.85. The van der Waals surface area contributed by atoms with E-state index < -0.39 is 0 Å². The molecule has 3 nitrogen and oxygen atoms in total. The monoisotopic (exact) mass is 418 g/mol. The molecule has 140 valence electrons. The lowest BCUT2D eigenvalue weighted by Crippen LogP contribution is -2.11. The van der Waals surface area contributed by atoms with Crippen LogP contribution in [0.4, 0.5) is 5.13 Å². The van der Waals surface area contributed by atoms with Crippen molar-refractivity contribution in [3.63, 3.8) is 0 Å². The summed E-state index contributed by atoms with van der Waals surface area (Å²) >= 11 is 13.4. The topological polar surface area (TPSA) is 42.0 Å². The first kappa shape index (κ1) is 19.9. The van der Waals surface area contributed by atoms with Gasteiger partial charge in [-0.1, -0.05) is 48.7 Å². The van der Waals surface area contributed by atoms with Crippen molar-refractivity contribution in [3.8, 4) is 0 Å². The fraction of sp³-hybridized carbons (Fsp3) is 0.238. The van der Waals surface area contributed by atoms with Gasteiger partial charge in [0.2, 0.25) is 0 Å². The van der Waals surface area contributed by atoms with Crippen LogP contribution in [-0.2, 0) is 12.8 Å². The number of rotatable bonds is 7. The highest BCUT2D eigenvalue weighted by atomic mass is 35.5. The first-order valence-corrected chi connectivity index (χ1v) is 10.4. The van der Waals surface area contributed by atoms with Gasteiger partial charge in [-0.15, -0.1) is 11.3 Å². The molecule has 0 fully saturated rings. The zero-order chi connectivity index (χ0) is 19.2. The van der Waals surface area contributed by atoms with Gasteiger partial charge in [-0.2, -0.15) is 0 Å². The molecule has 0 saturated heterocycles. The number of hydrogen-bond acceptors (Lipinski definition) is 3. The second-order valence-corrected chi connectivity index (χ2v) is 8.21. The molecule has 2 aromatic carbocycles. The van der Waals surface area contributed by atoms with E-state index in [1.54, 1.807) is 24.3 Å². The highest BCUT2D eigenvalue weighted by Crippen LogP contribution is 2.28. The third-order valence-corrected chi connectivity index (χ3v) is 5.67. The molecule has 27 heavy (non-hydrogen) atoms. The van der Waals surface area contributed by atoms with Crippen LogP contribution in [0.15, 0.2) is 48.5 Å². The van der Waals surface area contributed by atoms with Gasteiger partial charge in [0, 0.05) is 26.9 Å². The molecule has 1 amide bonds. The highest BCUT2D eigenvalue weighted by molar-refractivity contribution is 7.15. The molecule has 0 bridgehead atoms. The Bertz CT molecular complexity index is 905. The number of carbonyl (C=O) groups is 1. The van der Waals surface area contributed by atoms with Crippen LogP contribution in [0.2, 0.25) is 10.0 Å². The van der Waals surface area contributed by atoms with Crippen molar-refractivity contribution in [2.75, 3.05) is 5.32 Å². The number of nitrogens with zero attached hydrogens (tertiary/aromatic N) is 1. The van der Waals surface area contributed by atoms with Gasteiger partial charge >= 0.3 is 0 Å². The van der Waals surface area contributed by atoms with Crippen LogP contribution in [0.25, 0.3) is 0 Å². The van der Waals surface area contributed by atoms with Crippen LogP contribution in [-0.4, -0.2) is 10.9 Å². The maximum Gasteiger partial charge on any atom is 0.257 e. The number of aromatic nitrogens is 1. The highest BCUT2D eigenvalue weighted by Gasteiger charge is 2.14. The number of aryl methyl sites for hydroxylation is 1. The van der Waals surface area contributed by atoms with Crippen molar-refractivity contribution in [1.29, 1.82) is 0 Å². The van der Waals surface area contributed by atoms with E-state index in [0.29, 0.717) is 15.7 Å². The van der Waals surface area contributed by atoms with E-state index >= 15 is 0 Å². The quantitative estimate of drug-likeness (QED) is 0.467. The van der Waals surface area contributed by atoms with Crippen LogP contribution in [0.1, 0.15) is 46.3 Å². The normalized spacial score (nSPS) is 10.8. The Morgan fingerprint density at radius 2 is 1.67 bits per heavy atom. The van der Waals surface area contributed by atoms with Crippen molar-refractivity contribution in [2.45, 2.75) is 32.6 Å². The van der Waals surface area contributed by atoms with E-state index in [9.17, 15) is 4.79 Å². The van der Waals surface area contributed by atoms with Gasteiger partial charge in [-0.25, -0.2) is 4.98 Å². The summed E-state index contributed by atoms with van der Waals surface area (Å²) < 4.78 is 0. The maximum absolute atomic E-state index is 12.5. The largest absolute Gasteiger partial charge is 0.298 e. The minimum atomic E-state index is -0.180. The number of anilines is 1. The molecule has 0 aliphatic rings. The summed E-state index contributed by atoms with van der Waals surface area (Å²) in [5, 5.41) is 4.88. The van der Waals surface area contributed by atoms with E-state index in [0.717, 1.165) is 36.4 Å². The number of benzene rings is 2. The van der Waals surface area contributed by atoms with Gasteiger partial charge in [0.25, 0.3) is 5.91 Å². The number of nitrogens with one attached hydrogen (secondary N) is 1. The van der Waals surface area contributed by atoms with Gasteiger partial charge in [0.15, 0.2) is 5.13 Å². The molecular formula is C21H20Cl2N2OS. The molecule has 0 aliphatic carbocycles. The van der Waals surface area contributed by atoms with Crippen LogP contribution >= 0.6 is 34.5 Å². The molecular weight excluding hydrogens is 399 g/mol. The summed E-state index contributed by atoms with van der Waals surface area (Å²) in [5.74, 6) is -0.180. The number of amides is 1. The lowest BCUT2D eigenvalue weighted by molar-refractivity contribution is 0.102. The zero-order valence-corrected chi connectivity index (χ0v) is 17.3. The molecule has 0 radical (unpaired) electrons. The molecule has 0 spiro atoms. The summed E-state index contributed by atoms with van der Waals surface area (Å²) in [7, 11) is 0. The Balaban J connectivity index is 1.78. The van der Waals surface area contributed by atoms with E-state index in [2.05, 4.69) is 17.2 Å². The van der Waals surface area contributed by atoms with E-state index in [1.165, 1.54) is 21.8 Å². The van der Waals surface area contributed by atoms with E-state index in [4.69, 9.17) is 23.2 Å². The molecule has 1 aromatic heterocycles. The van der Waals surface area contributed by atoms with Crippen molar-refractivity contribution in [2.24, 2.45) is 0 Å². The molecule has 1 N–H and O–H groups in total. The maximum atomic E-state index is 12.5. The number of carbonyl (C=O) groups excluding carboxylic acids is 1. The molecule has 0 atom stereocenters. The van der Waals surface area contributed by atoms with E-state index in [1.807, 2.05) is 24.3 Å². The van der Waals surface area contributed by atoms with Gasteiger partial charge in [-0.3, -0.25) is 10.1 Å². The summed E-state index contributed by atoms with van der Waals surface area (Å²) in [6, 6.07) is 14.7. The summed E-state index contributed by atoms with van der Waals surface area (Å²) in [5.41, 5.74) is 2.79. The molecule has 0 saturated carbocycles. The average molecular weight is 419 g/mol. The predicted molar refractivity (Wildman–Crippen MR) is 114 cm³/mol. The Labute approximate surface area is 173 Å². The SMILES string of the molecule is CCCCc1nc(NC(=O)c2ccc(Cl)cc2)sc1Cc1ccc(Cl)cc1. The third kappa shape index (κ3) is 5.55. The standard InChI is InChI=1S/C21H20Cl2N2OS/c1-2-3-4-18-19(13-14-5-9-16(22)10-6-14)27-21(24-18)25-20(26)15-7-11-17(23)12-8-15/h5-12H,2-4,13H2,1H3,(H,24,25,26). The Kier molecular flexibility index (Phi) is 6.89. The molecule has 0 aliphatic heterocycles. The molecule has 3 rings (SSSR count). The van der Waals surface area contributed by atoms with Crippen molar-refractivity contribution < 1.29 is 4.79 Å². The van der Waals surface area contributed by atoms with Crippen molar-refractivity contribution in [1.82, 2.24) is 4.98 Å². The van der Waals surface area contributed by atoms with Crippen LogP contribution < -0.4 is 5.32 Å². The molecule has 3 aromatic rings. The van der Waals surface area contributed by atoms with Crippen molar-refractivity contribution >= 4 is 45.6 Å². The fourth-order valence-corrected chi connectivity index (χ4v) is 3.96. The Morgan fingerprint density at radius 3 is 2.30 bits per heavy atom. The average Bonchev–Trinajstić information content (AvgIpc) is 3.03. The zero-order valence-electron chi connectivity index (χ0n) is 15.0. The second-order valence-electron chi connectivity index (χ2n) is 6.26. The van der Waals surface area contributed by atoms with Crippen molar-refractivity contribution in [3.05, 3.63) is 80.3 Å². The predicted octanol–water partition coefficient (Wildman–Crippen LogP) is 6.64. The summed E-state index contributed by atoms with van der Waals surface area (Å²) in [6.07, 6.45) is 3.86. The van der Waals surface area contributed by atoms with Gasteiger partial charge in [0.05, 0.1) is 5.69 Å². The Morgan fingerprint density at radius 1 is 1.04 bits per heavy atom. The van der Waals surface area contributed by atoms with Crippen LogP contribution in [0.5, 0.6) is 0 Å². The minimum Gasteiger partial charge on any atom is -0.298 e. The molecule has 0 unspecified atom stereocenters. The number of halogens is 2. The second kappa shape index (κ2) is 9.36. The van der Waals surface area contributed by atoms with Crippen LogP contribution in [0.3, 0.4) is 0 Å². The fourth-order valence-electron chi connectivity index (χ4n) is 2.67. The lowest BCUT2D eigenvalue weighted by Gasteiger charge is -2.02. The number of hydrogen-bond donors (Lipinski definition) is 1. The lowest BCUT2D eigenvalue weighted by atomic mass is 10.1. The Hall–Kier alpha value is -1.88. The summed E-state index contributed by atoms with van der Waals surface area (Å²) in [4.78, 5) is 18.3. The smallest absolute Gasteiger partial charge is 0.257 e. The first-order chi connectivity index (χ1) is 13.0. The third-order valence-electron chi connectivity index (χ3n) is 4.15. The number of unbranched alkanes of at least 4 members (excludes halogenated alkanes) is 1. The van der Waals surface area contributed by atoms with Gasteiger partial charge < -0.3 is 0 Å². The summed E-state index contributed by atoms with van der Waals surface area (Å²) in [6.45, 7) is 2.16. The van der Waals surface area contributed by atoms with E-state index in [-0.39, 0.29) is 5.91 Å². The molecule has 6 heteroatoms. The minimum absolute atomic E-state index is 0.180.